The van der Waals surface area contributed by atoms with Gasteiger partial charge in [0.25, 0.3) is 0 Å². The van der Waals surface area contributed by atoms with Crippen LogP contribution in [0.4, 0.5) is 0 Å². The predicted octanol–water partition coefficient (Wildman–Crippen LogP) is 8.20. The maximum Gasteiger partial charge on any atom is 0.221 e. The first kappa shape index (κ1) is 27.8. The van der Waals surface area contributed by atoms with E-state index in [4.69, 9.17) is 0 Å². The van der Waals surface area contributed by atoms with Gasteiger partial charge in [0, 0.05) is 6.42 Å². The number of carbonyl (C=O) groups excluding carboxylic acids is 1. The lowest BCUT2D eigenvalue weighted by Gasteiger charge is -2.08. The fourth-order valence-corrected chi connectivity index (χ4v) is 3.52. The van der Waals surface area contributed by atoms with Gasteiger partial charge in [-0.15, -0.1) is 4.91 Å². The third-order valence-electron chi connectivity index (χ3n) is 5.51. The summed E-state index contributed by atoms with van der Waals surface area (Å²) in [4.78, 5) is 22.1. The third-order valence-corrected chi connectivity index (χ3v) is 5.51. The minimum Gasteiger partial charge on any atom is -0.331 e. The van der Waals surface area contributed by atoms with E-state index in [-0.39, 0.29) is 5.91 Å². The number of allylic oxidation sites excluding steroid dienone is 2. The predicted molar refractivity (Wildman–Crippen MR) is 126 cm³/mol. The number of unbranched alkanes of at least 4 members (excludes halogenated alkanes) is 15. The molecule has 0 aromatic heterocycles. The zero-order valence-electron chi connectivity index (χ0n) is 19.4. The van der Waals surface area contributed by atoms with Crippen LogP contribution in [0.25, 0.3) is 0 Å². The van der Waals surface area contributed by atoms with E-state index in [0.29, 0.717) is 12.8 Å². The molecule has 0 fully saturated rings. The molecule has 1 N–H and O–H groups in total. The van der Waals surface area contributed by atoms with E-state index in [2.05, 4.69) is 29.6 Å². The summed E-state index contributed by atoms with van der Waals surface area (Å²) in [5, 5.41) is 5.55. The van der Waals surface area contributed by atoms with Crippen LogP contribution in [0.1, 0.15) is 136 Å². The Labute approximate surface area is 180 Å². The zero-order valence-corrected chi connectivity index (χ0v) is 19.4. The fourth-order valence-electron chi connectivity index (χ4n) is 3.52. The van der Waals surface area contributed by atoms with Crippen molar-refractivity contribution in [3.63, 3.8) is 0 Å². The first-order chi connectivity index (χ1) is 14.2. The molecule has 0 rings (SSSR count). The molecule has 0 aliphatic carbocycles. The summed E-state index contributed by atoms with van der Waals surface area (Å²) < 4.78 is 0. The second-order valence-electron chi connectivity index (χ2n) is 8.35. The molecule has 0 radical (unpaired) electrons. The Morgan fingerprint density at radius 3 is 1.62 bits per heavy atom. The summed E-state index contributed by atoms with van der Waals surface area (Å²) in [7, 11) is 0. The Morgan fingerprint density at radius 1 is 0.724 bits per heavy atom. The average molecular weight is 409 g/mol. The highest BCUT2D eigenvalue weighted by Crippen LogP contribution is 2.12. The first-order valence-electron chi connectivity index (χ1n) is 12.5. The molecule has 1 atom stereocenters. The van der Waals surface area contributed by atoms with E-state index in [1.807, 2.05) is 6.92 Å². The summed E-state index contributed by atoms with van der Waals surface area (Å²) in [6.07, 6.45) is 27.3. The van der Waals surface area contributed by atoms with Crippen molar-refractivity contribution in [1.29, 1.82) is 0 Å². The van der Waals surface area contributed by atoms with Crippen LogP contribution < -0.4 is 5.32 Å². The molecule has 0 aromatic carbocycles. The van der Waals surface area contributed by atoms with Crippen molar-refractivity contribution < 1.29 is 4.79 Å². The molecule has 0 saturated carbocycles. The Hall–Kier alpha value is -1.19. The molecule has 29 heavy (non-hydrogen) atoms. The van der Waals surface area contributed by atoms with Gasteiger partial charge in [-0.05, 0) is 43.7 Å². The van der Waals surface area contributed by atoms with Gasteiger partial charge in [-0.25, -0.2) is 0 Å². The Bertz CT molecular complexity index is 396. The lowest BCUT2D eigenvalue weighted by Crippen LogP contribution is -2.32. The van der Waals surface area contributed by atoms with Crippen molar-refractivity contribution in [1.82, 2.24) is 5.32 Å². The van der Waals surface area contributed by atoms with Gasteiger partial charge in [0.1, 0.15) is 0 Å². The van der Waals surface area contributed by atoms with Gasteiger partial charge >= 0.3 is 0 Å². The molecule has 0 aromatic rings. The van der Waals surface area contributed by atoms with Crippen molar-refractivity contribution in [2.24, 2.45) is 5.18 Å². The van der Waals surface area contributed by atoms with E-state index in [0.717, 1.165) is 12.8 Å². The summed E-state index contributed by atoms with van der Waals surface area (Å²) >= 11 is 0. The van der Waals surface area contributed by atoms with E-state index < -0.39 is 6.17 Å². The van der Waals surface area contributed by atoms with Gasteiger partial charge < -0.3 is 5.32 Å². The number of carbonyl (C=O) groups is 1. The quantitative estimate of drug-likeness (QED) is 0.111. The van der Waals surface area contributed by atoms with Crippen LogP contribution in [-0.2, 0) is 4.79 Å². The zero-order chi connectivity index (χ0) is 21.4. The fraction of sp³-hybridized carbons (Fsp3) is 0.880. The lowest BCUT2D eigenvalue weighted by atomic mass is 10.1. The van der Waals surface area contributed by atoms with Gasteiger partial charge in [-0.3, -0.25) is 4.79 Å². The molecule has 1 amide bonds. The van der Waals surface area contributed by atoms with Gasteiger partial charge in [-0.2, -0.15) is 0 Å². The highest BCUT2D eigenvalue weighted by Gasteiger charge is 2.09. The molecule has 0 aliphatic rings. The maximum absolute atomic E-state index is 11.6. The lowest BCUT2D eigenvalue weighted by molar-refractivity contribution is -0.121. The highest BCUT2D eigenvalue weighted by atomic mass is 16.3. The van der Waals surface area contributed by atoms with Crippen molar-refractivity contribution >= 4 is 5.91 Å². The van der Waals surface area contributed by atoms with Crippen LogP contribution in [0.5, 0.6) is 0 Å². The smallest absolute Gasteiger partial charge is 0.221 e. The summed E-state index contributed by atoms with van der Waals surface area (Å²) in [5.41, 5.74) is 0. The largest absolute Gasteiger partial charge is 0.331 e. The first-order valence-corrected chi connectivity index (χ1v) is 12.5. The normalized spacial score (nSPS) is 12.3. The second-order valence-corrected chi connectivity index (χ2v) is 8.35. The minimum atomic E-state index is -0.557. The second kappa shape index (κ2) is 23.1. The van der Waals surface area contributed by atoms with Crippen LogP contribution in [0, 0.1) is 4.91 Å². The number of nitrogens with zero attached hydrogens (tertiary/aromatic N) is 1. The van der Waals surface area contributed by atoms with Crippen LogP contribution in [0.3, 0.4) is 0 Å². The number of rotatable bonds is 22. The third kappa shape index (κ3) is 21.3. The number of nitroso groups, excluding NO2 is 1. The molecule has 0 saturated heterocycles. The molecule has 4 heteroatoms. The minimum absolute atomic E-state index is 0.0440. The van der Waals surface area contributed by atoms with Crippen molar-refractivity contribution in [3.8, 4) is 0 Å². The number of amides is 1. The van der Waals surface area contributed by atoms with Crippen molar-refractivity contribution in [3.05, 3.63) is 17.1 Å². The number of hydrogen-bond acceptors (Lipinski definition) is 3. The van der Waals surface area contributed by atoms with Crippen molar-refractivity contribution in [2.45, 2.75) is 142 Å². The van der Waals surface area contributed by atoms with Crippen LogP contribution in [-0.4, -0.2) is 12.1 Å². The van der Waals surface area contributed by atoms with Gasteiger partial charge in [0.2, 0.25) is 5.91 Å². The molecule has 0 heterocycles. The highest BCUT2D eigenvalue weighted by molar-refractivity contribution is 5.76. The molecule has 170 valence electrons. The molecule has 4 nitrogen and oxygen atoms in total. The molecular formula is C25H48N2O2. The molecule has 1 unspecified atom stereocenters. The van der Waals surface area contributed by atoms with Crippen LogP contribution >= 0.6 is 0 Å². The van der Waals surface area contributed by atoms with E-state index in [1.54, 1.807) is 0 Å². The van der Waals surface area contributed by atoms with Gasteiger partial charge in [-0.1, -0.05) is 103 Å². The summed E-state index contributed by atoms with van der Waals surface area (Å²) in [6.45, 7) is 4.12. The average Bonchev–Trinajstić information content (AvgIpc) is 2.73. The Morgan fingerprint density at radius 2 is 1.17 bits per heavy atom. The van der Waals surface area contributed by atoms with Crippen LogP contribution in [0.15, 0.2) is 17.3 Å². The SMILES string of the molecule is CCCCCCCC/C=C\CCCCCCCCCCCC(=O)NC(CC)N=O. The molecule has 0 aliphatic heterocycles. The topological polar surface area (TPSA) is 58.5 Å². The monoisotopic (exact) mass is 408 g/mol. The van der Waals surface area contributed by atoms with E-state index in [9.17, 15) is 9.70 Å². The molecule has 0 bridgehead atoms. The van der Waals surface area contributed by atoms with Crippen LogP contribution in [0.2, 0.25) is 0 Å². The maximum atomic E-state index is 11.6. The molecule has 0 spiro atoms. The number of nitrogens with one attached hydrogen (secondary N) is 1. The van der Waals surface area contributed by atoms with Crippen molar-refractivity contribution in [2.75, 3.05) is 0 Å². The summed E-state index contributed by atoms with van der Waals surface area (Å²) in [6, 6.07) is 0. The Balaban J connectivity index is 3.23. The van der Waals surface area contributed by atoms with E-state index in [1.165, 1.54) is 96.3 Å². The van der Waals surface area contributed by atoms with Gasteiger partial charge in [0.15, 0.2) is 6.17 Å². The standard InChI is InChI=1S/C25H48N2O2/c1-3-5-6-7-8-9-10-11-12-13-14-15-16-17-18-19-20-21-22-23-25(28)26-24(4-2)27-29/h11-12,24H,3-10,13-23H2,1-2H3,(H,26,28)/b12-11-. The number of hydrogen-bond donors (Lipinski definition) is 1. The molecular weight excluding hydrogens is 360 g/mol. The van der Waals surface area contributed by atoms with Gasteiger partial charge in [0.05, 0.1) is 0 Å². The van der Waals surface area contributed by atoms with E-state index >= 15 is 0 Å². The summed E-state index contributed by atoms with van der Waals surface area (Å²) in [5.74, 6) is -0.0440. The Kier molecular flexibility index (Phi) is 22.1.